The Morgan fingerprint density at radius 1 is 1.28 bits per heavy atom. The zero-order valence-corrected chi connectivity index (χ0v) is 9.99. The molecule has 0 saturated heterocycles. The predicted octanol–water partition coefficient (Wildman–Crippen LogP) is 0.814. The molecule has 0 aliphatic heterocycles. The number of aromatic nitrogens is 5. The van der Waals surface area contributed by atoms with Crippen LogP contribution >= 0.6 is 0 Å². The molecule has 0 aromatic carbocycles. The van der Waals surface area contributed by atoms with E-state index in [1.165, 1.54) is 0 Å². The quantitative estimate of drug-likeness (QED) is 0.739. The zero-order chi connectivity index (χ0) is 13.0. The average molecular weight is 245 g/mol. The van der Waals surface area contributed by atoms with Gasteiger partial charge in [0.05, 0.1) is 12.2 Å². The first-order valence-corrected chi connectivity index (χ1v) is 5.39. The molecule has 92 valence electrons. The van der Waals surface area contributed by atoms with Gasteiger partial charge in [-0.3, -0.25) is 4.98 Å². The number of carbonyl (C=O) groups excluding carboxylic acids is 1. The summed E-state index contributed by atoms with van der Waals surface area (Å²) >= 11 is 0. The summed E-state index contributed by atoms with van der Waals surface area (Å²) in [5, 5.41) is 15.3. The van der Waals surface area contributed by atoms with Gasteiger partial charge in [0.1, 0.15) is 5.69 Å². The van der Waals surface area contributed by atoms with Crippen molar-refractivity contribution >= 4 is 5.97 Å². The van der Waals surface area contributed by atoms with Gasteiger partial charge in [0.25, 0.3) is 0 Å². The summed E-state index contributed by atoms with van der Waals surface area (Å²) in [4.78, 5) is 15.8. The zero-order valence-electron chi connectivity index (χ0n) is 9.99. The highest BCUT2D eigenvalue weighted by molar-refractivity contribution is 5.95. The Bertz CT molecular complexity index is 556. The molecule has 0 aliphatic rings. The molecule has 7 nitrogen and oxygen atoms in total. The molecule has 18 heavy (non-hydrogen) atoms. The van der Waals surface area contributed by atoms with Gasteiger partial charge in [0.2, 0.25) is 5.82 Å². The van der Waals surface area contributed by atoms with Crippen molar-refractivity contribution in [2.45, 2.75) is 13.8 Å². The molecule has 2 heterocycles. The first-order valence-electron chi connectivity index (χ1n) is 5.39. The molecule has 0 bridgehead atoms. The van der Waals surface area contributed by atoms with Crippen molar-refractivity contribution < 1.29 is 9.53 Å². The van der Waals surface area contributed by atoms with Crippen LogP contribution in [0, 0.1) is 6.92 Å². The molecule has 0 unspecified atom stereocenters. The summed E-state index contributed by atoms with van der Waals surface area (Å²) in [6.45, 7) is 3.70. The molecule has 0 atom stereocenters. The van der Waals surface area contributed by atoms with Gasteiger partial charge in [0.15, 0.2) is 5.82 Å². The van der Waals surface area contributed by atoms with E-state index in [-0.39, 0.29) is 5.82 Å². The number of ether oxygens (including phenoxy) is 1. The molecule has 0 radical (unpaired) electrons. The summed E-state index contributed by atoms with van der Waals surface area (Å²) in [7, 11) is 0. The maximum absolute atomic E-state index is 11.7. The largest absolute Gasteiger partial charge is 0.462 e. The van der Waals surface area contributed by atoms with Gasteiger partial charge in [-0.2, -0.15) is 0 Å². The average Bonchev–Trinajstić information content (AvgIpc) is 2.40. The van der Waals surface area contributed by atoms with Crippen LogP contribution in [0.1, 0.15) is 23.1 Å². The molecule has 2 aromatic rings. The number of carbonyl (C=O) groups is 1. The van der Waals surface area contributed by atoms with Crippen LogP contribution in [0.4, 0.5) is 0 Å². The van der Waals surface area contributed by atoms with E-state index in [0.29, 0.717) is 23.7 Å². The molecule has 0 aliphatic carbocycles. The van der Waals surface area contributed by atoms with Crippen LogP contribution in [-0.4, -0.2) is 38.0 Å². The van der Waals surface area contributed by atoms with Crippen molar-refractivity contribution in [3.05, 3.63) is 29.7 Å². The lowest BCUT2D eigenvalue weighted by Gasteiger charge is -2.05. The minimum absolute atomic E-state index is 0.198. The van der Waals surface area contributed by atoms with E-state index in [2.05, 4.69) is 25.4 Å². The Morgan fingerprint density at radius 3 is 2.67 bits per heavy atom. The van der Waals surface area contributed by atoms with Crippen molar-refractivity contribution in [2.75, 3.05) is 6.61 Å². The van der Waals surface area contributed by atoms with Crippen LogP contribution in [0.2, 0.25) is 0 Å². The standard InChI is InChI=1S/C11H11N5O2/c1-3-18-11(17)8-5-4-6-12-9(8)10-15-13-7(2)14-16-10/h4-6H,3H2,1-2H3. The van der Waals surface area contributed by atoms with E-state index in [4.69, 9.17) is 4.74 Å². The highest BCUT2D eigenvalue weighted by Crippen LogP contribution is 2.16. The van der Waals surface area contributed by atoms with Crippen molar-refractivity contribution in [3.8, 4) is 11.5 Å². The lowest BCUT2D eigenvalue weighted by Crippen LogP contribution is -2.09. The van der Waals surface area contributed by atoms with Crippen LogP contribution in [0.15, 0.2) is 18.3 Å². The first kappa shape index (κ1) is 12.0. The molecule has 0 spiro atoms. The molecular formula is C11H11N5O2. The van der Waals surface area contributed by atoms with Crippen LogP contribution in [0.3, 0.4) is 0 Å². The highest BCUT2D eigenvalue weighted by atomic mass is 16.5. The normalized spacial score (nSPS) is 10.1. The number of nitrogens with zero attached hydrogens (tertiary/aromatic N) is 5. The fourth-order valence-electron chi connectivity index (χ4n) is 1.33. The van der Waals surface area contributed by atoms with E-state index >= 15 is 0 Å². The molecule has 2 rings (SSSR count). The van der Waals surface area contributed by atoms with E-state index in [1.54, 1.807) is 32.2 Å². The number of rotatable bonds is 3. The predicted molar refractivity (Wildman–Crippen MR) is 61.5 cm³/mol. The van der Waals surface area contributed by atoms with Crippen LogP contribution in [-0.2, 0) is 4.74 Å². The maximum atomic E-state index is 11.7. The Morgan fingerprint density at radius 2 is 2.00 bits per heavy atom. The number of hydrogen-bond donors (Lipinski definition) is 0. The van der Waals surface area contributed by atoms with Gasteiger partial charge in [-0.1, -0.05) is 0 Å². The topological polar surface area (TPSA) is 90.8 Å². The lowest BCUT2D eigenvalue weighted by molar-refractivity contribution is 0.0527. The van der Waals surface area contributed by atoms with Crippen LogP contribution < -0.4 is 0 Å². The van der Waals surface area contributed by atoms with E-state index < -0.39 is 5.97 Å². The fourth-order valence-corrected chi connectivity index (χ4v) is 1.33. The van der Waals surface area contributed by atoms with Gasteiger partial charge in [-0.05, 0) is 26.0 Å². The number of esters is 1. The van der Waals surface area contributed by atoms with Crippen molar-refractivity contribution in [2.24, 2.45) is 0 Å². The van der Waals surface area contributed by atoms with Crippen molar-refractivity contribution in [1.82, 2.24) is 25.4 Å². The van der Waals surface area contributed by atoms with Gasteiger partial charge in [-0.25, -0.2) is 4.79 Å². The second-order valence-corrected chi connectivity index (χ2v) is 3.39. The summed E-state index contributed by atoms with van der Waals surface area (Å²) in [5.41, 5.74) is 0.614. The molecule has 0 saturated carbocycles. The molecular weight excluding hydrogens is 234 g/mol. The molecule has 0 N–H and O–H groups in total. The Balaban J connectivity index is 2.44. The van der Waals surface area contributed by atoms with Crippen LogP contribution in [0.5, 0.6) is 0 Å². The third-order valence-electron chi connectivity index (χ3n) is 2.09. The van der Waals surface area contributed by atoms with Gasteiger partial charge in [0, 0.05) is 6.20 Å². The number of hydrogen-bond acceptors (Lipinski definition) is 7. The minimum atomic E-state index is -0.468. The number of pyridine rings is 1. The Labute approximate surface area is 103 Å². The second kappa shape index (κ2) is 5.26. The van der Waals surface area contributed by atoms with Crippen molar-refractivity contribution in [3.63, 3.8) is 0 Å². The van der Waals surface area contributed by atoms with Gasteiger partial charge in [-0.15, -0.1) is 20.4 Å². The third-order valence-corrected chi connectivity index (χ3v) is 2.09. The third kappa shape index (κ3) is 2.45. The van der Waals surface area contributed by atoms with E-state index in [9.17, 15) is 4.79 Å². The first-order chi connectivity index (χ1) is 8.72. The number of aryl methyl sites for hydroxylation is 1. The maximum Gasteiger partial charge on any atom is 0.340 e. The minimum Gasteiger partial charge on any atom is -0.462 e. The fraction of sp³-hybridized carbons (Fsp3) is 0.273. The Hall–Kier alpha value is -2.44. The van der Waals surface area contributed by atoms with Crippen molar-refractivity contribution in [1.29, 1.82) is 0 Å². The SMILES string of the molecule is CCOC(=O)c1cccnc1-c1nnc(C)nn1. The summed E-state index contributed by atoms with van der Waals surface area (Å²) in [5.74, 6) is 0.182. The molecule has 0 fully saturated rings. The summed E-state index contributed by atoms with van der Waals surface area (Å²) in [6, 6.07) is 3.24. The monoisotopic (exact) mass is 245 g/mol. The smallest absolute Gasteiger partial charge is 0.340 e. The molecule has 0 amide bonds. The van der Waals surface area contributed by atoms with E-state index in [1.807, 2.05) is 0 Å². The van der Waals surface area contributed by atoms with Gasteiger partial charge < -0.3 is 4.74 Å². The molecule has 2 aromatic heterocycles. The summed E-state index contributed by atoms with van der Waals surface area (Å²) < 4.78 is 4.94. The van der Waals surface area contributed by atoms with E-state index in [0.717, 1.165) is 0 Å². The highest BCUT2D eigenvalue weighted by Gasteiger charge is 2.17. The summed E-state index contributed by atoms with van der Waals surface area (Å²) in [6.07, 6.45) is 1.54. The van der Waals surface area contributed by atoms with Crippen LogP contribution in [0.25, 0.3) is 11.5 Å². The van der Waals surface area contributed by atoms with Gasteiger partial charge >= 0.3 is 5.97 Å². The lowest BCUT2D eigenvalue weighted by atomic mass is 10.2. The molecule has 7 heteroatoms. The second-order valence-electron chi connectivity index (χ2n) is 3.39. The Kier molecular flexibility index (Phi) is 3.52.